The summed E-state index contributed by atoms with van der Waals surface area (Å²) in [4.78, 5) is 2.03. The first-order chi connectivity index (χ1) is 6.67. The van der Waals surface area contributed by atoms with Crippen molar-refractivity contribution in [2.75, 3.05) is 13.1 Å². The lowest BCUT2D eigenvalue weighted by Crippen LogP contribution is -2.48. The van der Waals surface area contributed by atoms with Gasteiger partial charge in [-0.25, -0.2) is 8.78 Å². The van der Waals surface area contributed by atoms with Crippen molar-refractivity contribution in [1.82, 2.24) is 4.90 Å². The molecule has 1 saturated carbocycles. The number of alkyl halides is 2. The van der Waals surface area contributed by atoms with Crippen LogP contribution in [0.4, 0.5) is 8.78 Å². The van der Waals surface area contributed by atoms with Gasteiger partial charge in [0, 0.05) is 12.5 Å². The molecular formula is C11H19F2N. The highest BCUT2D eigenvalue weighted by molar-refractivity contribution is 4.84. The molecule has 0 bridgehead atoms. The number of halogens is 2. The first-order valence-corrected chi connectivity index (χ1v) is 5.79. The molecule has 0 amide bonds. The van der Waals surface area contributed by atoms with Gasteiger partial charge in [0.25, 0.3) is 5.92 Å². The van der Waals surface area contributed by atoms with Gasteiger partial charge < -0.3 is 0 Å². The Hall–Kier alpha value is -0.180. The fourth-order valence-corrected chi connectivity index (χ4v) is 2.75. The van der Waals surface area contributed by atoms with Gasteiger partial charge >= 0.3 is 0 Å². The van der Waals surface area contributed by atoms with E-state index in [4.69, 9.17) is 0 Å². The molecule has 3 heteroatoms. The largest absolute Gasteiger partial charge is 0.294 e. The van der Waals surface area contributed by atoms with Crippen molar-refractivity contribution in [2.24, 2.45) is 0 Å². The summed E-state index contributed by atoms with van der Waals surface area (Å²) in [5, 5.41) is 0. The third-order valence-electron chi connectivity index (χ3n) is 3.51. The van der Waals surface area contributed by atoms with Crippen LogP contribution in [-0.2, 0) is 0 Å². The van der Waals surface area contributed by atoms with Gasteiger partial charge in [-0.15, -0.1) is 0 Å². The van der Waals surface area contributed by atoms with Crippen LogP contribution in [0.2, 0.25) is 0 Å². The van der Waals surface area contributed by atoms with Crippen LogP contribution in [0.3, 0.4) is 0 Å². The van der Waals surface area contributed by atoms with Crippen molar-refractivity contribution in [3.05, 3.63) is 0 Å². The molecule has 2 rings (SSSR count). The second kappa shape index (κ2) is 4.13. The molecule has 0 radical (unpaired) electrons. The average molecular weight is 203 g/mol. The first kappa shape index (κ1) is 10.3. The number of likely N-dealkylation sites (tertiary alicyclic amines) is 1. The van der Waals surface area contributed by atoms with Crippen molar-refractivity contribution < 1.29 is 8.78 Å². The van der Waals surface area contributed by atoms with Gasteiger partial charge in [0.15, 0.2) is 0 Å². The Morgan fingerprint density at radius 3 is 2.36 bits per heavy atom. The van der Waals surface area contributed by atoms with E-state index in [1.165, 1.54) is 19.3 Å². The molecule has 0 aromatic rings. The number of nitrogens with zero attached hydrogens (tertiary/aromatic N) is 1. The zero-order valence-corrected chi connectivity index (χ0v) is 8.64. The lowest BCUT2D eigenvalue weighted by Gasteiger charge is -2.39. The number of hydrogen-bond donors (Lipinski definition) is 0. The van der Waals surface area contributed by atoms with Gasteiger partial charge in [-0.2, -0.15) is 0 Å². The molecule has 1 saturated heterocycles. The molecule has 2 fully saturated rings. The molecule has 82 valence electrons. The quantitative estimate of drug-likeness (QED) is 0.633. The second-order valence-electron chi connectivity index (χ2n) is 4.72. The number of rotatable bonds is 1. The summed E-state index contributed by atoms with van der Waals surface area (Å²) in [6.07, 6.45) is 6.78. The highest BCUT2D eigenvalue weighted by atomic mass is 19.3. The van der Waals surface area contributed by atoms with Crippen molar-refractivity contribution in [3.8, 4) is 0 Å². The third kappa shape index (κ3) is 2.44. The maximum Gasteiger partial charge on any atom is 0.260 e. The molecule has 0 unspecified atom stereocenters. The monoisotopic (exact) mass is 203 g/mol. The van der Waals surface area contributed by atoms with Crippen LogP contribution in [0.5, 0.6) is 0 Å². The van der Waals surface area contributed by atoms with Gasteiger partial charge in [-0.1, -0.05) is 19.3 Å². The molecular weight excluding hydrogens is 184 g/mol. The molecule has 1 aliphatic heterocycles. The Labute approximate surface area is 84.5 Å². The lowest BCUT2D eigenvalue weighted by atomic mass is 9.92. The first-order valence-electron chi connectivity index (χ1n) is 5.79. The highest BCUT2D eigenvalue weighted by Gasteiger charge is 2.37. The fraction of sp³-hybridized carbons (Fsp3) is 1.00. The minimum atomic E-state index is -2.42. The van der Waals surface area contributed by atoms with Crippen LogP contribution in [0, 0.1) is 0 Å². The van der Waals surface area contributed by atoms with Crippen molar-refractivity contribution in [3.63, 3.8) is 0 Å². The minimum Gasteiger partial charge on any atom is -0.294 e. The predicted octanol–water partition coefficient (Wildman–Crippen LogP) is 3.05. The van der Waals surface area contributed by atoms with E-state index in [2.05, 4.69) is 0 Å². The summed E-state index contributed by atoms with van der Waals surface area (Å²) >= 11 is 0. The Kier molecular flexibility index (Phi) is 3.05. The maximum absolute atomic E-state index is 13.2. The highest BCUT2D eigenvalue weighted by Crippen LogP contribution is 2.31. The molecule has 0 atom stereocenters. The van der Waals surface area contributed by atoms with Gasteiger partial charge in [-0.05, 0) is 25.8 Å². The summed E-state index contributed by atoms with van der Waals surface area (Å²) in [5.41, 5.74) is 0. The number of piperidine rings is 1. The summed E-state index contributed by atoms with van der Waals surface area (Å²) < 4.78 is 26.3. The Bertz CT molecular complexity index is 188. The van der Waals surface area contributed by atoms with E-state index in [1.807, 2.05) is 4.90 Å². The van der Waals surface area contributed by atoms with E-state index in [0.717, 1.165) is 19.4 Å². The van der Waals surface area contributed by atoms with Crippen LogP contribution in [0.15, 0.2) is 0 Å². The Morgan fingerprint density at radius 2 is 1.71 bits per heavy atom. The van der Waals surface area contributed by atoms with Crippen molar-refractivity contribution in [1.29, 1.82) is 0 Å². The third-order valence-corrected chi connectivity index (χ3v) is 3.51. The zero-order valence-electron chi connectivity index (χ0n) is 8.64. The molecule has 1 nitrogen and oxygen atoms in total. The molecule has 2 aliphatic rings. The van der Waals surface area contributed by atoms with Gasteiger partial charge in [0.05, 0.1) is 6.54 Å². The van der Waals surface area contributed by atoms with E-state index in [0.29, 0.717) is 12.5 Å². The van der Waals surface area contributed by atoms with Crippen LogP contribution < -0.4 is 0 Å². The zero-order chi connectivity index (χ0) is 10.0. The van der Waals surface area contributed by atoms with E-state index in [1.54, 1.807) is 0 Å². The molecule has 1 heterocycles. The van der Waals surface area contributed by atoms with Crippen LogP contribution in [0.1, 0.15) is 44.9 Å². The van der Waals surface area contributed by atoms with Gasteiger partial charge in [0.2, 0.25) is 0 Å². The SMILES string of the molecule is FC1(F)CCCN(C2CCCCC2)C1. The molecule has 1 aliphatic carbocycles. The van der Waals surface area contributed by atoms with Crippen LogP contribution in [0.25, 0.3) is 0 Å². The van der Waals surface area contributed by atoms with E-state index < -0.39 is 5.92 Å². The van der Waals surface area contributed by atoms with E-state index in [-0.39, 0.29) is 13.0 Å². The summed E-state index contributed by atoms with van der Waals surface area (Å²) in [6.45, 7) is 0.901. The molecule has 0 N–H and O–H groups in total. The summed E-state index contributed by atoms with van der Waals surface area (Å²) in [5.74, 6) is -2.42. The molecule has 0 aromatic carbocycles. The molecule has 0 spiro atoms. The van der Waals surface area contributed by atoms with Crippen LogP contribution in [-0.4, -0.2) is 30.0 Å². The fourth-order valence-electron chi connectivity index (χ4n) is 2.75. The van der Waals surface area contributed by atoms with E-state index in [9.17, 15) is 8.78 Å². The van der Waals surface area contributed by atoms with Gasteiger partial charge in [0.1, 0.15) is 0 Å². The van der Waals surface area contributed by atoms with Crippen LogP contribution >= 0.6 is 0 Å². The Morgan fingerprint density at radius 1 is 1.00 bits per heavy atom. The Balaban J connectivity index is 1.89. The topological polar surface area (TPSA) is 3.24 Å². The number of hydrogen-bond acceptors (Lipinski definition) is 1. The second-order valence-corrected chi connectivity index (χ2v) is 4.72. The van der Waals surface area contributed by atoms with Crippen molar-refractivity contribution in [2.45, 2.75) is 56.9 Å². The smallest absolute Gasteiger partial charge is 0.260 e. The predicted molar refractivity (Wildman–Crippen MR) is 52.6 cm³/mol. The van der Waals surface area contributed by atoms with Gasteiger partial charge in [-0.3, -0.25) is 4.90 Å². The lowest BCUT2D eigenvalue weighted by molar-refractivity contribution is -0.0783. The van der Waals surface area contributed by atoms with E-state index >= 15 is 0 Å². The standard InChI is InChI=1S/C11H19F2N/c12-11(13)7-4-8-14(9-11)10-5-2-1-3-6-10/h10H,1-9H2. The average Bonchev–Trinajstić information content (AvgIpc) is 2.18. The minimum absolute atomic E-state index is 0.0116. The molecule has 14 heavy (non-hydrogen) atoms. The summed E-state index contributed by atoms with van der Waals surface area (Å²) in [6, 6.07) is 0.454. The normalized spacial score (nSPS) is 30.4. The summed E-state index contributed by atoms with van der Waals surface area (Å²) in [7, 11) is 0. The van der Waals surface area contributed by atoms with Crippen molar-refractivity contribution >= 4 is 0 Å². The maximum atomic E-state index is 13.2. The molecule has 0 aromatic heterocycles.